The third-order valence-electron chi connectivity index (χ3n) is 2.37. The fourth-order valence-electron chi connectivity index (χ4n) is 1.40. The van der Waals surface area contributed by atoms with Gasteiger partial charge in [-0.1, -0.05) is 32.4 Å². The second-order valence-corrected chi connectivity index (χ2v) is 6.59. The highest BCUT2D eigenvalue weighted by atomic mass is 35.5. The number of nitrogens with zero attached hydrogens (tertiary/aromatic N) is 3. The SMILES string of the molecule is CC(C)(C)c1nc(Cl)cc(-c2cnc(C(F)(F)F)s2)n1. The Bertz CT molecular complexity index is 632. The topological polar surface area (TPSA) is 38.7 Å². The Balaban J connectivity index is 2.48. The van der Waals surface area contributed by atoms with E-state index < -0.39 is 11.2 Å². The number of thiazole rings is 1. The maximum Gasteiger partial charge on any atom is 0.443 e. The lowest BCUT2D eigenvalue weighted by molar-refractivity contribution is -0.137. The van der Waals surface area contributed by atoms with Gasteiger partial charge < -0.3 is 0 Å². The number of hydrogen-bond donors (Lipinski definition) is 0. The monoisotopic (exact) mass is 321 g/mol. The molecule has 0 aliphatic carbocycles. The second-order valence-electron chi connectivity index (χ2n) is 5.18. The molecule has 108 valence electrons. The van der Waals surface area contributed by atoms with Crippen molar-refractivity contribution in [3.63, 3.8) is 0 Å². The standard InChI is InChI=1S/C12H11ClF3N3S/c1-11(2,3)9-18-6(4-8(13)19-9)7-5-17-10(20-7)12(14,15)16/h4-5H,1-3H3. The van der Waals surface area contributed by atoms with Gasteiger partial charge in [-0.25, -0.2) is 15.0 Å². The molecule has 0 saturated heterocycles. The first-order valence-electron chi connectivity index (χ1n) is 5.66. The van der Waals surface area contributed by atoms with Gasteiger partial charge in [0.25, 0.3) is 0 Å². The molecule has 0 radical (unpaired) electrons. The van der Waals surface area contributed by atoms with Gasteiger partial charge in [-0.2, -0.15) is 13.2 Å². The summed E-state index contributed by atoms with van der Waals surface area (Å²) in [7, 11) is 0. The average Bonchev–Trinajstić information content (AvgIpc) is 2.75. The van der Waals surface area contributed by atoms with E-state index in [4.69, 9.17) is 11.6 Å². The van der Waals surface area contributed by atoms with E-state index in [0.717, 1.165) is 6.20 Å². The molecule has 0 bridgehead atoms. The smallest absolute Gasteiger partial charge is 0.240 e. The number of alkyl halides is 3. The molecule has 2 aromatic heterocycles. The molecule has 0 saturated carbocycles. The minimum absolute atomic E-state index is 0.196. The van der Waals surface area contributed by atoms with Gasteiger partial charge in [0.1, 0.15) is 11.0 Å². The molecule has 3 nitrogen and oxygen atoms in total. The summed E-state index contributed by atoms with van der Waals surface area (Å²) in [4.78, 5) is 12.1. The van der Waals surface area contributed by atoms with Crippen molar-refractivity contribution < 1.29 is 13.2 Å². The quantitative estimate of drug-likeness (QED) is 0.722. The van der Waals surface area contributed by atoms with Crippen LogP contribution in [0.3, 0.4) is 0 Å². The van der Waals surface area contributed by atoms with Crippen molar-refractivity contribution in [3.05, 3.63) is 28.2 Å². The molecule has 0 aliphatic heterocycles. The predicted molar refractivity (Wildman–Crippen MR) is 71.9 cm³/mol. The van der Waals surface area contributed by atoms with Crippen LogP contribution in [0.15, 0.2) is 12.3 Å². The Kier molecular flexibility index (Phi) is 3.77. The van der Waals surface area contributed by atoms with Crippen molar-refractivity contribution in [2.24, 2.45) is 0 Å². The highest BCUT2D eigenvalue weighted by molar-refractivity contribution is 7.15. The van der Waals surface area contributed by atoms with Crippen molar-refractivity contribution in [1.29, 1.82) is 0 Å². The lowest BCUT2D eigenvalue weighted by atomic mass is 9.95. The van der Waals surface area contributed by atoms with Crippen LogP contribution < -0.4 is 0 Å². The molecule has 0 fully saturated rings. The molecule has 8 heteroatoms. The minimum Gasteiger partial charge on any atom is -0.240 e. The van der Waals surface area contributed by atoms with Crippen LogP contribution in [0, 0.1) is 0 Å². The molecule has 0 aromatic carbocycles. The third kappa shape index (κ3) is 3.27. The molecule has 2 heterocycles. The summed E-state index contributed by atoms with van der Waals surface area (Å²) in [5, 5.41) is -0.707. The van der Waals surface area contributed by atoms with Crippen LogP contribution in [-0.2, 0) is 11.6 Å². The first-order chi connectivity index (χ1) is 9.07. The molecule has 0 spiro atoms. The molecule has 2 aromatic rings. The molecule has 0 N–H and O–H groups in total. The maximum absolute atomic E-state index is 12.6. The van der Waals surface area contributed by atoms with E-state index in [9.17, 15) is 13.2 Å². The molecule has 0 unspecified atom stereocenters. The highest BCUT2D eigenvalue weighted by Gasteiger charge is 2.35. The summed E-state index contributed by atoms with van der Waals surface area (Å²) in [5.74, 6) is 0.474. The fourth-order valence-corrected chi connectivity index (χ4v) is 2.33. The zero-order chi connectivity index (χ0) is 15.1. The maximum atomic E-state index is 12.6. The van der Waals surface area contributed by atoms with E-state index >= 15 is 0 Å². The Labute approximate surface area is 122 Å². The lowest BCUT2D eigenvalue weighted by Gasteiger charge is -2.17. The van der Waals surface area contributed by atoms with Crippen molar-refractivity contribution in [2.75, 3.05) is 0 Å². The van der Waals surface area contributed by atoms with Crippen LogP contribution >= 0.6 is 22.9 Å². The summed E-state index contributed by atoms with van der Waals surface area (Å²) >= 11 is 6.45. The van der Waals surface area contributed by atoms with Crippen LogP contribution in [-0.4, -0.2) is 15.0 Å². The molecular formula is C12H11ClF3N3S. The molecule has 0 atom stereocenters. The molecular weight excluding hydrogens is 311 g/mol. The predicted octanol–water partition coefficient (Wildman–Crippen LogP) is 4.57. The normalized spacial score (nSPS) is 12.8. The molecule has 0 aliphatic rings. The van der Waals surface area contributed by atoms with Gasteiger partial charge in [-0.15, -0.1) is 11.3 Å². The summed E-state index contributed by atoms with van der Waals surface area (Å²) < 4.78 is 37.7. The number of aromatic nitrogens is 3. The van der Waals surface area contributed by atoms with Crippen molar-refractivity contribution >= 4 is 22.9 Å². The van der Waals surface area contributed by atoms with Crippen LogP contribution in [0.1, 0.15) is 31.6 Å². The van der Waals surface area contributed by atoms with Crippen molar-refractivity contribution in [1.82, 2.24) is 15.0 Å². The first-order valence-corrected chi connectivity index (χ1v) is 6.85. The van der Waals surface area contributed by atoms with Crippen LogP contribution in [0.4, 0.5) is 13.2 Å². The molecule has 20 heavy (non-hydrogen) atoms. The van der Waals surface area contributed by atoms with Gasteiger partial charge in [-0.05, 0) is 0 Å². The van der Waals surface area contributed by atoms with E-state index in [0.29, 0.717) is 27.7 Å². The number of hydrogen-bond acceptors (Lipinski definition) is 4. The Morgan fingerprint density at radius 1 is 1.15 bits per heavy atom. The highest BCUT2D eigenvalue weighted by Crippen LogP contribution is 2.36. The summed E-state index contributed by atoms with van der Waals surface area (Å²) in [6.45, 7) is 5.70. The number of halogens is 4. The minimum atomic E-state index is -4.45. The van der Waals surface area contributed by atoms with Gasteiger partial charge in [0.15, 0.2) is 5.01 Å². The Morgan fingerprint density at radius 2 is 1.80 bits per heavy atom. The zero-order valence-electron chi connectivity index (χ0n) is 10.9. The Hall–Kier alpha value is -1.21. The van der Waals surface area contributed by atoms with Gasteiger partial charge in [0.05, 0.1) is 10.6 Å². The molecule has 2 rings (SSSR count). The van der Waals surface area contributed by atoms with Gasteiger partial charge in [-0.3, -0.25) is 0 Å². The average molecular weight is 322 g/mol. The van der Waals surface area contributed by atoms with E-state index in [1.54, 1.807) is 0 Å². The van der Waals surface area contributed by atoms with Crippen molar-refractivity contribution in [3.8, 4) is 10.6 Å². The summed E-state index contributed by atoms with van der Waals surface area (Å²) in [6.07, 6.45) is -3.30. The second kappa shape index (κ2) is 4.96. The van der Waals surface area contributed by atoms with E-state index in [1.807, 2.05) is 20.8 Å². The van der Waals surface area contributed by atoms with E-state index in [2.05, 4.69) is 15.0 Å². The fraction of sp³-hybridized carbons (Fsp3) is 0.417. The first kappa shape index (κ1) is 15.2. The van der Waals surface area contributed by atoms with Crippen LogP contribution in [0.5, 0.6) is 0 Å². The Morgan fingerprint density at radius 3 is 2.30 bits per heavy atom. The largest absolute Gasteiger partial charge is 0.443 e. The van der Waals surface area contributed by atoms with E-state index in [1.165, 1.54) is 6.07 Å². The summed E-state index contributed by atoms with van der Waals surface area (Å²) in [6, 6.07) is 1.43. The van der Waals surface area contributed by atoms with Gasteiger partial charge in [0.2, 0.25) is 0 Å². The van der Waals surface area contributed by atoms with Crippen LogP contribution in [0.2, 0.25) is 5.15 Å². The summed E-state index contributed by atoms with van der Waals surface area (Å²) in [5.41, 5.74) is -0.0000742. The molecule has 0 amide bonds. The lowest BCUT2D eigenvalue weighted by Crippen LogP contribution is -2.16. The van der Waals surface area contributed by atoms with Gasteiger partial charge >= 0.3 is 6.18 Å². The van der Waals surface area contributed by atoms with Crippen LogP contribution in [0.25, 0.3) is 10.6 Å². The zero-order valence-corrected chi connectivity index (χ0v) is 12.5. The van der Waals surface area contributed by atoms with E-state index in [-0.39, 0.29) is 10.6 Å². The third-order valence-corrected chi connectivity index (χ3v) is 3.62. The number of rotatable bonds is 1. The van der Waals surface area contributed by atoms with Crippen molar-refractivity contribution in [2.45, 2.75) is 32.4 Å². The van der Waals surface area contributed by atoms with Gasteiger partial charge in [0, 0.05) is 17.7 Å².